The lowest BCUT2D eigenvalue weighted by Gasteiger charge is -2.14. The predicted molar refractivity (Wildman–Crippen MR) is 71.1 cm³/mol. The maximum absolute atomic E-state index is 2.48. The van der Waals surface area contributed by atoms with Gasteiger partial charge in [-0.3, -0.25) is 0 Å². The van der Waals surface area contributed by atoms with Crippen LogP contribution in [0, 0.1) is 17.8 Å². The van der Waals surface area contributed by atoms with Crippen molar-refractivity contribution in [1.29, 1.82) is 0 Å². The van der Waals surface area contributed by atoms with Gasteiger partial charge in [0.1, 0.15) is 0 Å². The van der Waals surface area contributed by atoms with E-state index in [0.29, 0.717) is 0 Å². The van der Waals surface area contributed by atoms with Gasteiger partial charge in [-0.2, -0.15) is 0 Å². The first-order valence-corrected chi connectivity index (χ1v) is 6.80. The van der Waals surface area contributed by atoms with Crippen molar-refractivity contribution >= 4 is 0 Å². The summed E-state index contributed by atoms with van der Waals surface area (Å²) in [6.45, 7) is 11.5. The van der Waals surface area contributed by atoms with Crippen molar-refractivity contribution in [3.63, 3.8) is 0 Å². The van der Waals surface area contributed by atoms with Crippen LogP contribution in [0.1, 0.15) is 66.7 Å². The van der Waals surface area contributed by atoms with Crippen LogP contribution in [0.5, 0.6) is 0 Å². The summed E-state index contributed by atoms with van der Waals surface area (Å²) in [6, 6.07) is 0. The second-order valence-electron chi connectivity index (χ2n) is 5.18. The monoisotopic (exact) mass is 210 g/mol. The second kappa shape index (κ2) is 9.00. The molecule has 0 bridgehead atoms. The highest BCUT2D eigenvalue weighted by atomic mass is 14.1. The Kier molecular flexibility index (Phi) is 8.85. The van der Waals surface area contributed by atoms with Crippen molar-refractivity contribution in [2.75, 3.05) is 0 Å². The highest BCUT2D eigenvalue weighted by Gasteiger charge is 2.06. The zero-order valence-electron chi connectivity index (χ0n) is 11.4. The minimum Gasteiger partial charge on any atom is -0.0852 e. The normalized spacial score (nSPS) is 16.1. The van der Waals surface area contributed by atoms with Crippen LogP contribution in [-0.2, 0) is 0 Å². The molecule has 0 fully saturated rings. The SMILES string of the molecule is CCCCC(C=CC(C)C(C)C)CCC. The van der Waals surface area contributed by atoms with Gasteiger partial charge in [0.25, 0.3) is 0 Å². The number of hydrogen-bond donors (Lipinski definition) is 0. The van der Waals surface area contributed by atoms with Crippen LogP contribution in [0.15, 0.2) is 12.2 Å². The molecule has 0 heterocycles. The molecular formula is C15H30. The van der Waals surface area contributed by atoms with E-state index >= 15 is 0 Å². The van der Waals surface area contributed by atoms with Crippen molar-refractivity contribution in [3.8, 4) is 0 Å². The standard InChI is InChI=1S/C15H30/c1-6-8-10-15(9-7-2)12-11-14(5)13(3)4/h11-15H,6-10H2,1-5H3. The lowest BCUT2D eigenvalue weighted by Crippen LogP contribution is -2.02. The first-order valence-electron chi connectivity index (χ1n) is 6.80. The van der Waals surface area contributed by atoms with E-state index in [4.69, 9.17) is 0 Å². The molecule has 0 aromatic carbocycles. The summed E-state index contributed by atoms with van der Waals surface area (Å²) in [5.74, 6) is 2.33. The molecule has 0 N–H and O–H groups in total. The molecule has 0 aromatic heterocycles. The molecule has 0 saturated heterocycles. The summed E-state index contributed by atoms with van der Waals surface area (Å²) in [7, 11) is 0. The van der Waals surface area contributed by atoms with Gasteiger partial charge < -0.3 is 0 Å². The fourth-order valence-electron chi connectivity index (χ4n) is 1.73. The van der Waals surface area contributed by atoms with E-state index in [1.165, 1.54) is 32.1 Å². The van der Waals surface area contributed by atoms with E-state index in [1.54, 1.807) is 0 Å². The Morgan fingerprint density at radius 2 is 1.53 bits per heavy atom. The number of hydrogen-bond acceptors (Lipinski definition) is 0. The summed E-state index contributed by atoms with van der Waals surface area (Å²) >= 11 is 0. The first kappa shape index (κ1) is 14.7. The van der Waals surface area contributed by atoms with Crippen molar-refractivity contribution in [2.24, 2.45) is 17.8 Å². The minimum absolute atomic E-state index is 0.728. The van der Waals surface area contributed by atoms with Crippen molar-refractivity contribution < 1.29 is 0 Å². The highest BCUT2D eigenvalue weighted by molar-refractivity contribution is 4.92. The van der Waals surface area contributed by atoms with Gasteiger partial charge in [0.05, 0.1) is 0 Å². The average molecular weight is 210 g/mol. The average Bonchev–Trinajstić information content (AvgIpc) is 2.21. The Balaban J connectivity index is 4.01. The molecule has 15 heavy (non-hydrogen) atoms. The summed E-state index contributed by atoms with van der Waals surface area (Å²) in [6.07, 6.45) is 11.7. The van der Waals surface area contributed by atoms with Gasteiger partial charge in [-0.05, 0) is 30.6 Å². The largest absolute Gasteiger partial charge is 0.0852 e. The van der Waals surface area contributed by atoms with Crippen LogP contribution in [0.4, 0.5) is 0 Å². The number of allylic oxidation sites excluding steroid dienone is 2. The van der Waals surface area contributed by atoms with E-state index in [1.807, 2.05) is 0 Å². The van der Waals surface area contributed by atoms with Gasteiger partial charge in [-0.1, -0.05) is 66.0 Å². The van der Waals surface area contributed by atoms with Crippen LogP contribution in [0.3, 0.4) is 0 Å². The summed E-state index contributed by atoms with van der Waals surface area (Å²) in [5.41, 5.74) is 0. The van der Waals surface area contributed by atoms with Crippen LogP contribution in [0.25, 0.3) is 0 Å². The number of rotatable bonds is 8. The predicted octanol–water partition coefficient (Wildman–Crippen LogP) is 5.44. The van der Waals surface area contributed by atoms with Gasteiger partial charge in [-0.15, -0.1) is 0 Å². The summed E-state index contributed by atoms with van der Waals surface area (Å²) in [5, 5.41) is 0. The Morgan fingerprint density at radius 3 is 2.00 bits per heavy atom. The smallest absolute Gasteiger partial charge is 0.0234 e. The molecule has 0 radical (unpaired) electrons. The Hall–Kier alpha value is -0.260. The second-order valence-corrected chi connectivity index (χ2v) is 5.18. The van der Waals surface area contributed by atoms with Gasteiger partial charge in [-0.25, -0.2) is 0 Å². The van der Waals surface area contributed by atoms with Crippen molar-refractivity contribution in [1.82, 2.24) is 0 Å². The lowest BCUT2D eigenvalue weighted by atomic mass is 9.92. The van der Waals surface area contributed by atoms with E-state index in [9.17, 15) is 0 Å². The third-order valence-corrected chi connectivity index (χ3v) is 3.33. The molecule has 0 rings (SSSR count). The molecule has 0 spiro atoms. The van der Waals surface area contributed by atoms with Gasteiger partial charge in [0.2, 0.25) is 0 Å². The van der Waals surface area contributed by atoms with Gasteiger partial charge in [0.15, 0.2) is 0 Å². The molecule has 0 aliphatic rings. The van der Waals surface area contributed by atoms with E-state index in [0.717, 1.165) is 17.8 Å². The molecular weight excluding hydrogens is 180 g/mol. The van der Waals surface area contributed by atoms with E-state index < -0.39 is 0 Å². The van der Waals surface area contributed by atoms with E-state index in [-0.39, 0.29) is 0 Å². The Morgan fingerprint density at radius 1 is 0.867 bits per heavy atom. The van der Waals surface area contributed by atoms with Crippen molar-refractivity contribution in [3.05, 3.63) is 12.2 Å². The fraction of sp³-hybridized carbons (Fsp3) is 0.867. The quantitative estimate of drug-likeness (QED) is 0.468. The fourth-order valence-corrected chi connectivity index (χ4v) is 1.73. The molecule has 2 unspecified atom stereocenters. The molecule has 0 aromatic rings. The third kappa shape index (κ3) is 7.64. The van der Waals surface area contributed by atoms with Crippen LogP contribution >= 0.6 is 0 Å². The maximum atomic E-state index is 2.48. The maximum Gasteiger partial charge on any atom is -0.0234 e. The van der Waals surface area contributed by atoms with E-state index in [2.05, 4.69) is 46.8 Å². The molecule has 0 saturated carbocycles. The summed E-state index contributed by atoms with van der Waals surface area (Å²) < 4.78 is 0. The van der Waals surface area contributed by atoms with Gasteiger partial charge >= 0.3 is 0 Å². The molecule has 2 atom stereocenters. The lowest BCUT2D eigenvalue weighted by molar-refractivity contribution is 0.482. The highest BCUT2D eigenvalue weighted by Crippen LogP contribution is 2.19. The molecule has 0 aliphatic heterocycles. The minimum atomic E-state index is 0.728. The molecule has 0 heteroatoms. The summed E-state index contributed by atoms with van der Waals surface area (Å²) in [4.78, 5) is 0. The number of unbranched alkanes of at least 4 members (excludes halogenated alkanes) is 1. The van der Waals surface area contributed by atoms with Crippen LogP contribution in [0.2, 0.25) is 0 Å². The molecule has 90 valence electrons. The first-order chi connectivity index (χ1) is 7.11. The topological polar surface area (TPSA) is 0 Å². The Bertz CT molecular complexity index is 155. The Labute approximate surface area is 97.2 Å². The van der Waals surface area contributed by atoms with Crippen LogP contribution < -0.4 is 0 Å². The zero-order chi connectivity index (χ0) is 11.7. The third-order valence-electron chi connectivity index (χ3n) is 3.33. The van der Waals surface area contributed by atoms with Crippen LogP contribution in [-0.4, -0.2) is 0 Å². The van der Waals surface area contributed by atoms with Crippen molar-refractivity contribution in [2.45, 2.75) is 66.7 Å². The zero-order valence-corrected chi connectivity index (χ0v) is 11.4. The molecule has 0 nitrogen and oxygen atoms in total. The molecule has 0 amide bonds. The van der Waals surface area contributed by atoms with Gasteiger partial charge in [0, 0.05) is 0 Å². The molecule has 0 aliphatic carbocycles.